The Bertz CT molecular complexity index is 402. The zero-order valence-electron chi connectivity index (χ0n) is 12.5. The van der Waals surface area contributed by atoms with E-state index in [0.717, 1.165) is 19.0 Å². The quantitative estimate of drug-likeness (QED) is 0.842. The summed E-state index contributed by atoms with van der Waals surface area (Å²) in [6.07, 6.45) is 8.32. The van der Waals surface area contributed by atoms with Crippen LogP contribution in [0, 0.1) is 5.92 Å². The van der Waals surface area contributed by atoms with Crippen molar-refractivity contribution in [1.29, 1.82) is 0 Å². The van der Waals surface area contributed by atoms with Gasteiger partial charge in [-0.25, -0.2) is 0 Å². The fourth-order valence-corrected chi connectivity index (χ4v) is 3.70. The van der Waals surface area contributed by atoms with Crippen LogP contribution in [0.3, 0.4) is 0 Å². The van der Waals surface area contributed by atoms with Crippen molar-refractivity contribution in [3.63, 3.8) is 0 Å². The molecule has 3 heteroatoms. The van der Waals surface area contributed by atoms with Crippen LogP contribution in [0.15, 0.2) is 28.7 Å². The van der Waals surface area contributed by atoms with Crippen LogP contribution >= 0.6 is 15.9 Å². The molecule has 1 unspecified atom stereocenters. The van der Waals surface area contributed by atoms with Gasteiger partial charge in [0.25, 0.3) is 0 Å². The van der Waals surface area contributed by atoms with Crippen LogP contribution in [0.25, 0.3) is 0 Å². The molecule has 1 saturated carbocycles. The zero-order valence-corrected chi connectivity index (χ0v) is 14.1. The second-order valence-corrected chi connectivity index (χ2v) is 6.99. The molecule has 1 aromatic rings. The number of halogens is 1. The Morgan fingerprint density at radius 2 is 1.95 bits per heavy atom. The van der Waals surface area contributed by atoms with Crippen LogP contribution in [-0.4, -0.2) is 24.5 Å². The molecule has 0 radical (unpaired) electrons. The molecule has 1 atom stereocenters. The molecule has 0 bridgehead atoms. The van der Waals surface area contributed by atoms with Gasteiger partial charge in [0.05, 0.1) is 0 Å². The van der Waals surface area contributed by atoms with Crippen molar-refractivity contribution in [1.82, 2.24) is 4.90 Å². The Hall–Kier alpha value is -0.380. The van der Waals surface area contributed by atoms with Crippen molar-refractivity contribution >= 4 is 15.9 Å². The molecular formula is C17H27BrN2. The van der Waals surface area contributed by atoms with E-state index in [-0.39, 0.29) is 0 Å². The maximum atomic E-state index is 6.03. The molecule has 1 aromatic carbocycles. The Kier molecular flexibility index (Phi) is 6.53. The Labute approximate surface area is 131 Å². The summed E-state index contributed by atoms with van der Waals surface area (Å²) in [6, 6.07) is 8.98. The van der Waals surface area contributed by atoms with Crippen LogP contribution in [0.4, 0.5) is 0 Å². The lowest BCUT2D eigenvalue weighted by molar-refractivity contribution is 0.184. The minimum absolute atomic E-state index is 0.505. The average Bonchev–Trinajstić information content (AvgIpc) is 2.48. The molecule has 0 aliphatic heterocycles. The molecule has 1 fully saturated rings. The SMILES string of the molecule is CN(Cc1ccccc1Br)C(CN)CC1CCCCC1. The molecule has 2 rings (SSSR count). The largest absolute Gasteiger partial charge is 0.329 e. The standard InChI is InChI=1S/C17H27BrN2/c1-20(13-15-9-5-6-10-17(15)18)16(12-19)11-14-7-3-2-4-8-14/h5-6,9-10,14,16H,2-4,7-8,11-13,19H2,1H3. The van der Waals surface area contributed by atoms with Crippen LogP contribution in [0.1, 0.15) is 44.1 Å². The number of nitrogens with zero attached hydrogens (tertiary/aromatic N) is 1. The van der Waals surface area contributed by atoms with Crippen molar-refractivity contribution in [2.75, 3.05) is 13.6 Å². The van der Waals surface area contributed by atoms with Gasteiger partial charge in [-0.15, -0.1) is 0 Å². The summed E-state index contributed by atoms with van der Waals surface area (Å²) in [5.41, 5.74) is 7.37. The molecule has 0 spiro atoms. The maximum absolute atomic E-state index is 6.03. The van der Waals surface area contributed by atoms with Crippen LogP contribution < -0.4 is 5.73 Å². The second-order valence-electron chi connectivity index (χ2n) is 6.14. The molecule has 1 aliphatic carbocycles. The molecule has 2 N–H and O–H groups in total. The third-order valence-corrected chi connectivity index (χ3v) is 5.38. The minimum Gasteiger partial charge on any atom is -0.329 e. The predicted molar refractivity (Wildman–Crippen MR) is 89.6 cm³/mol. The Balaban J connectivity index is 1.91. The number of likely N-dealkylation sites (N-methyl/N-ethyl adjacent to an activating group) is 1. The van der Waals surface area contributed by atoms with E-state index in [2.05, 4.69) is 52.1 Å². The van der Waals surface area contributed by atoms with Crippen molar-refractivity contribution in [3.05, 3.63) is 34.3 Å². The van der Waals surface area contributed by atoms with Crippen LogP contribution in [-0.2, 0) is 6.54 Å². The summed E-state index contributed by atoms with van der Waals surface area (Å²) in [7, 11) is 2.21. The van der Waals surface area contributed by atoms with Crippen molar-refractivity contribution in [3.8, 4) is 0 Å². The summed E-state index contributed by atoms with van der Waals surface area (Å²) >= 11 is 3.64. The molecule has 20 heavy (non-hydrogen) atoms. The molecular weight excluding hydrogens is 312 g/mol. The number of rotatable bonds is 6. The summed E-state index contributed by atoms with van der Waals surface area (Å²) in [4.78, 5) is 2.43. The van der Waals surface area contributed by atoms with Crippen LogP contribution in [0.5, 0.6) is 0 Å². The Morgan fingerprint density at radius 3 is 2.60 bits per heavy atom. The second kappa shape index (κ2) is 8.16. The molecule has 0 heterocycles. The third kappa shape index (κ3) is 4.57. The van der Waals surface area contributed by atoms with E-state index in [0.29, 0.717) is 6.04 Å². The molecule has 0 aromatic heterocycles. The smallest absolute Gasteiger partial charge is 0.0245 e. The summed E-state index contributed by atoms with van der Waals surface area (Å²) in [6.45, 7) is 1.73. The third-order valence-electron chi connectivity index (χ3n) is 4.60. The predicted octanol–water partition coefficient (Wildman–Crippen LogP) is 4.18. The first kappa shape index (κ1) is 16.0. The van der Waals surface area contributed by atoms with E-state index in [1.807, 2.05) is 0 Å². The van der Waals surface area contributed by atoms with E-state index < -0.39 is 0 Å². The molecule has 112 valence electrons. The highest BCUT2D eigenvalue weighted by atomic mass is 79.9. The lowest BCUT2D eigenvalue weighted by Crippen LogP contribution is -2.39. The fraction of sp³-hybridized carbons (Fsp3) is 0.647. The van der Waals surface area contributed by atoms with E-state index in [9.17, 15) is 0 Å². The van der Waals surface area contributed by atoms with E-state index >= 15 is 0 Å². The van der Waals surface area contributed by atoms with Crippen molar-refractivity contribution < 1.29 is 0 Å². The molecule has 1 aliphatic rings. The van der Waals surface area contributed by atoms with Crippen molar-refractivity contribution in [2.45, 2.75) is 51.1 Å². The molecule has 0 saturated heterocycles. The topological polar surface area (TPSA) is 29.3 Å². The van der Waals surface area contributed by atoms with Gasteiger partial charge >= 0.3 is 0 Å². The van der Waals surface area contributed by atoms with Gasteiger partial charge in [0.1, 0.15) is 0 Å². The van der Waals surface area contributed by atoms with E-state index in [4.69, 9.17) is 5.73 Å². The first-order valence-electron chi connectivity index (χ1n) is 7.84. The van der Waals surface area contributed by atoms with Gasteiger partial charge in [-0.1, -0.05) is 66.2 Å². The van der Waals surface area contributed by atoms with Gasteiger partial charge in [-0.2, -0.15) is 0 Å². The summed E-state index contributed by atoms with van der Waals surface area (Å²) < 4.78 is 1.19. The highest BCUT2D eigenvalue weighted by molar-refractivity contribution is 9.10. The van der Waals surface area contributed by atoms with Gasteiger partial charge in [-0.05, 0) is 31.0 Å². The van der Waals surface area contributed by atoms with Gasteiger partial charge in [0.15, 0.2) is 0 Å². The average molecular weight is 339 g/mol. The normalized spacial score (nSPS) is 18.4. The zero-order chi connectivity index (χ0) is 14.4. The van der Waals surface area contributed by atoms with E-state index in [1.54, 1.807) is 0 Å². The number of benzene rings is 1. The number of hydrogen-bond acceptors (Lipinski definition) is 2. The van der Waals surface area contributed by atoms with Gasteiger partial charge < -0.3 is 5.73 Å². The molecule has 2 nitrogen and oxygen atoms in total. The summed E-state index contributed by atoms with van der Waals surface area (Å²) in [5, 5.41) is 0. The van der Waals surface area contributed by atoms with Gasteiger partial charge in [0, 0.05) is 23.6 Å². The van der Waals surface area contributed by atoms with Gasteiger partial charge in [-0.3, -0.25) is 4.90 Å². The summed E-state index contributed by atoms with van der Waals surface area (Å²) in [5.74, 6) is 0.888. The van der Waals surface area contributed by atoms with Crippen LogP contribution in [0.2, 0.25) is 0 Å². The highest BCUT2D eigenvalue weighted by Crippen LogP contribution is 2.28. The first-order chi connectivity index (χ1) is 9.70. The fourth-order valence-electron chi connectivity index (χ4n) is 3.29. The van der Waals surface area contributed by atoms with Gasteiger partial charge in [0.2, 0.25) is 0 Å². The highest BCUT2D eigenvalue weighted by Gasteiger charge is 2.21. The Morgan fingerprint density at radius 1 is 1.25 bits per heavy atom. The monoisotopic (exact) mass is 338 g/mol. The van der Waals surface area contributed by atoms with E-state index in [1.165, 1.54) is 48.6 Å². The minimum atomic E-state index is 0.505. The lowest BCUT2D eigenvalue weighted by atomic mass is 9.84. The maximum Gasteiger partial charge on any atom is 0.0245 e. The lowest BCUT2D eigenvalue weighted by Gasteiger charge is -2.32. The number of hydrogen-bond donors (Lipinski definition) is 1. The number of nitrogens with two attached hydrogens (primary N) is 1. The van der Waals surface area contributed by atoms with Crippen molar-refractivity contribution in [2.24, 2.45) is 11.7 Å². The first-order valence-corrected chi connectivity index (χ1v) is 8.63. The molecule has 0 amide bonds.